The third kappa shape index (κ3) is 3.75. The van der Waals surface area contributed by atoms with Crippen LogP contribution in [-0.4, -0.2) is 46.5 Å². The second-order valence-corrected chi connectivity index (χ2v) is 9.01. The molecule has 0 spiro atoms. The standard InChI is InChI=1S/C22H22N2O4.C3H8/c1-11(2)9-23-19(25)13-5-7-15-18-16(8-6-14(17(13)18)20(23)26)22(28)24(21(15)27)10-12(3)4;1-3-2/h5-8,11-12H,9-10H2,1-4H3;3H2,1-2H3. The van der Waals surface area contributed by atoms with Crippen molar-refractivity contribution in [2.45, 2.75) is 48.0 Å². The fourth-order valence-corrected chi connectivity index (χ4v) is 4.04. The van der Waals surface area contributed by atoms with Crippen LogP contribution in [0.5, 0.6) is 0 Å². The predicted molar refractivity (Wildman–Crippen MR) is 120 cm³/mol. The van der Waals surface area contributed by atoms with E-state index in [-0.39, 0.29) is 35.5 Å². The number of imide groups is 2. The highest BCUT2D eigenvalue weighted by atomic mass is 16.2. The molecule has 2 aromatic carbocycles. The minimum atomic E-state index is -0.376. The first-order chi connectivity index (χ1) is 14.6. The zero-order valence-electron chi connectivity index (χ0n) is 19.1. The van der Waals surface area contributed by atoms with E-state index in [1.807, 2.05) is 27.7 Å². The van der Waals surface area contributed by atoms with Crippen LogP contribution < -0.4 is 0 Å². The van der Waals surface area contributed by atoms with E-state index in [9.17, 15) is 19.2 Å². The van der Waals surface area contributed by atoms with Crippen LogP contribution >= 0.6 is 0 Å². The van der Waals surface area contributed by atoms with E-state index in [1.165, 1.54) is 16.2 Å². The number of hydrogen-bond acceptors (Lipinski definition) is 4. The molecule has 0 saturated carbocycles. The summed E-state index contributed by atoms with van der Waals surface area (Å²) in [5, 5.41) is 0.854. The normalized spacial score (nSPS) is 15.2. The summed E-state index contributed by atoms with van der Waals surface area (Å²) in [7, 11) is 0. The van der Waals surface area contributed by atoms with Gasteiger partial charge >= 0.3 is 0 Å². The summed E-state index contributed by atoms with van der Waals surface area (Å²) >= 11 is 0. The fourth-order valence-electron chi connectivity index (χ4n) is 4.04. The van der Waals surface area contributed by atoms with Gasteiger partial charge in [0.2, 0.25) is 0 Å². The van der Waals surface area contributed by atoms with Crippen molar-refractivity contribution >= 4 is 34.4 Å². The lowest BCUT2D eigenvalue weighted by atomic mass is 9.85. The summed E-state index contributed by atoms with van der Waals surface area (Å²) in [5.41, 5.74) is 1.48. The zero-order valence-corrected chi connectivity index (χ0v) is 19.1. The number of hydrogen-bond donors (Lipinski definition) is 0. The average molecular weight is 423 g/mol. The second-order valence-electron chi connectivity index (χ2n) is 9.01. The van der Waals surface area contributed by atoms with E-state index in [0.29, 0.717) is 46.1 Å². The Balaban J connectivity index is 0.000000858. The largest absolute Gasteiger partial charge is 0.274 e. The third-order valence-corrected chi connectivity index (χ3v) is 5.16. The lowest BCUT2D eigenvalue weighted by molar-refractivity contribution is 0.0571. The molecule has 2 aromatic rings. The molecule has 0 aliphatic carbocycles. The Bertz CT molecular complexity index is 929. The second kappa shape index (κ2) is 8.61. The van der Waals surface area contributed by atoms with Gasteiger partial charge in [-0.05, 0) is 36.1 Å². The minimum absolute atomic E-state index is 0.134. The van der Waals surface area contributed by atoms with Gasteiger partial charge in [-0.3, -0.25) is 29.0 Å². The molecule has 0 atom stereocenters. The number of benzene rings is 2. The van der Waals surface area contributed by atoms with Gasteiger partial charge in [-0.25, -0.2) is 0 Å². The van der Waals surface area contributed by atoms with Gasteiger partial charge in [0, 0.05) is 46.1 Å². The SMILES string of the molecule is CC(C)CN1C(=O)c2ccc3c4c(ccc(c24)C1=O)C(=O)N(CC(C)C)C3=O.CCC. The molecule has 2 heterocycles. The molecule has 164 valence electrons. The Hall–Kier alpha value is -3.02. The Kier molecular flexibility index (Phi) is 6.30. The molecular weight excluding hydrogens is 392 g/mol. The van der Waals surface area contributed by atoms with Crippen LogP contribution in [0.2, 0.25) is 0 Å². The van der Waals surface area contributed by atoms with Crippen LogP contribution in [0.4, 0.5) is 0 Å². The third-order valence-electron chi connectivity index (χ3n) is 5.16. The van der Waals surface area contributed by atoms with Crippen LogP contribution in [0.25, 0.3) is 10.8 Å². The fraction of sp³-hybridized carbons (Fsp3) is 0.440. The molecule has 31 heavy (non-hydrogen) atoms. The smallest absolute Gasteiger partial charge is 0.261 e. The van der Waals surface area contributed by atoms with Gasteiger partial charge in [0.25, 0.3) is 23.6 Å². The summed E-state index contributed by atoms with van der Waals surface area (Å²) in [6.45, 7) is 12.7. The van der Waals surface area contributed by atoms with Crippen molar-refractivity contribution in [2.75, 3.05) is 13.1 Å². The van der Waals surface area contributed by atoms with Crippen LogP contribution in [0.15, 0.2) is 24.3 Å². The van der Waals surface area contributed by atoms with Gasteiger partial charge in [-0.2, -0.15) is 0 Å². The van der Waals surface area contributed by atoms with Crippen molar-refractivity contribution < 1.29 is 19.2 Å². The lowest BCUT2D eigenvalue weighted by Gasteiger charge is -2.32. The van der Waals surface area contributed by atoms with Gasteiger partial charge in [-0.1, -0.05) is 48.0 Å². The Labute approximate surface area is 183 Å². The maximum absolute atomic E-state index is 13.0. The number of carbonyl (C=O) groups is 4. The van der Waals surface area contributed by atoms with Gasteiger partial charge in [0.05, 0.1) is 0 Å². The molecule has 4 rings (SSSR count). The molecule has 2 aliphatic rings. The molecule has 0 unspecified atom stereocenters. The molecule has 2 aliphatic heterocycles. The van der Waals surface area contributed by atoms with E-state index in [0.717, 1.165) is 0 Å². The van der Waals surface area contributed by atoms with Gasteiger partial charge in [0.15, 0.2) is 0 Å². The van der Waals surface area contributed by atoms with E-state index in [1.54, 1.807) is 24.3 Å². The number of amides is 4. The monoisotopic (exact) mass is 422 g/mol. The predicted octanol–water partition coefficient (Wildman–Crippen LogP) is 4.76. The number of carbonyl (C=O) groups excluding carboxylic acids is 4. The molecule has 4 amide bonds. The first-order valence-corrected chi connectivity index (χ1v) is 11.0. The topological polar surface area (TPSA) is 74.8 Å². The van der Waals surface area contributed by atoms with Crippen LogP contribution in [0.1, 0.15) is 89.4 Å². The van der Waals surface area contributed by atoms with E-state index in [2.05, 4.69) is 13.8 Å². The Morgan fingerprint density at radius 2 is 0.806 bits per heavy atom. The summed E-state index contributed by atoms with van der Waals surface area (Å²) < 4.78 is 0. The molecule has 0 bridgehead atoms. The van der Waals surface area contributed by atoms with Crippen molar-refractivity contribution in [1.82, 2.24) is 9.80 Å². The van der Waals surface area contributed by atoms with Gasteiger partial charge < -0.3 is 0 Å². The summed E-state index contributed by atoms with van der Waals surface area (Å²) in [4.78, 5) is 54.4. The highest BCUT2D eigenvalue weighted by molar-refractivity contribution is 6.33. The highest BCUT2D eigenvalue weighted by Crippen LogP contribution is 2.38. The molecule has 0 fully saturated rings. The van der Waals surface area contributed by atoms with Crippen LogP contribution in [0.3, 0.4) is 0 Å². The summed E-state index contributed by atoms with van der Waals surface area (Å²) in [6, 6.07) is 6.42. The highest BCUT2D eigenvalue weighted by Gasteiger charge is 2.39. The maximum atomic E-state index is 13.0. The molecule has 6 nitrogen and oxygen atoms in total. The first-order valence-electron chi connectivity index (χ1n) is 11.0. The van der Waals surface area contributed by atoms with Crippen molar-refractivity contribution in [2.24, 2.45) is 11.8 Å². The van der Waals surface area contributed by atoms with Gasteiger partial charge in [-0.15, -0.1) is 0 Å². The maximum Gasteiger partial charge on any atom is 0.261 e. The zero-order chi connectivity index (χ0) is 23.0. The number of rotatable bonds is 4. The molecule has 0 aromatic heterocycles. The summed E-state index contributed by atoms with van der Waals surface area (Å²) in [6.07, 6.45) is 1.25. The molecule has 0 saturated heterocycles. The van der Waals surface area contributed by atoms with E-state index >= 15 is 0 Å². The van der Waals surface area contributed by atoms with Crippen LogP contribution in [-0.2, 0) is 0 Å². The van der Waals surface area contributed by atoms with E-state index < -0.39 is 0 Å². The van der Waals surface area contributed by atoms with Crippen molar-refractivity contribution in [3.8, 4) is 0 Å². The Morgan fingerprint density at radius 3 is 1.00 bits per heavy atom. The van der Waals surface area contributed by atoms with E-state index in [4.69, 9.17) is 0 Å². The van der Waals surface area contributed by atoms with Gasteiger partial charge in [0.1, 0.15) is 0 Å². The average Bonchev–Trinajstić information content (AvgIpc) is 2.71. The molecule has 6 heteroatoms. The quantitative estimate of drug-likeness (QED) is 0.666. The van der Waals surface area contributed by atoms with Crippen molar-refractivity contribution in [3.05, 3.63) is 46.5 Å². The molecular formula is C25H30N2O4. The van der Waals surface area contributed by atoms with Crippen molar-refractivity contribution in [1.29, 1.82) is 0 Å². The molecule has 0 radical (unpaired) electrons. The molecule has 0 N–H and O–H groups in total. The minimum Gasteiger partial charge on any atom is -0.274 e. The lowest BCUT2D eigenvalue weighted by Crippen LogP contribution is -2.45. The summed E-state index contributed by atoms with van der Waals surface area (Å²) in [5.74, 6) is -1.23. The number of nitrogens with zero attached hydrogens (tertiary/aromatic N) is 2. The first kappa shape index (κ1) is 22.7. The van der Waals surface area contributed by atoms with Crippen molar-refractivity contribution in [3.63, 3.8) is 0 Å². The Morgan fingerprint density at radius 1 is 0.581 bits per heavy atom. The van der Waals surface area contributed by atoms with Crippen LogP contribution in [0, 0.1) is 11.8 Å².